The van der Waals surface area contributed by atoms with E-state index in [1.807, 2.05) is 43.0 Å². The fourth-order valence-electron chi connectivity index (χ4n) is 3.87. The second-order valence-corrected chi connectivity index (χ2v) is 9.62. The average molecular weight is 441 g/mol. The molecule has 1 aliphatic heterocycles. The van der Waals surface area contributed by atoms with Gasteiger partial charge in [-0.15, -0.1) is 0 Å². The third-order valence-electron chi connectivity index (χ3n) is 5.55. The van der Waals surface area contributed by atoms with Gasteiger partial charge in [-0.05, 0) is 62.6 Å². The van der Waals surface area contributed by atoms with Crippen molar-refractivity contribution in [3.8, 4) is 17.2 Å². The van der Waals surface area contributed by atoms with Crippen LogP contribution in [0.4, 0.5) is 5.88 Å². The van der Waals surface area contributed by atoms with Crippen molar-refractivity contribution in [1.29, 1.82) is 0 Å². The second kappa shape index (κ2) is 9.14. The van der Waals surface area contributed by atoms with E-state index in [-0.39, 0.29) is 9.92 Å². The Hall–Kier alpha value is -2.80. The number of benzene rings is 2. The van der Waals surface area contributed by atoms with Crippen LogP contribution >= 0.6 is 0 Å². The highest BCUT2D eigenvalue weighted by Gasteiger charge is 2.32. The molecule has 31 heavy (non-hydrogen) atoms. The van der Waals surface area contributed by atoms with E-state index in [1.165, 1.54) is 0 Å². The van der Waals surface area contributed by atoms with Gasteiger partial charge in [0.1, 0.15) is 5.75 Å². The molecule has 6 nitrogen and oxygen atoms in total. The maximum Gasteiger partial charge on any atom is 0.236 e. The molecule has 0 bridgehead atoms. The predicted molar refractivity (Wildman–Crippen MR) is 120 cm³/mol. The highest BCUT2D eigenvalue weighted by Crippen LogP contribution is 2.36. The molecule has 0 radical (unpaired) electrons. The Morgan fingerprint density at radius 1 is 1.00 bits per heavy atom. The lowest BCUT2D eigenvalue weighted by Crippen LogP contribution is -2.25. The molecule has 1 aliphatic rings. The summed E-state index contributed by atoms with van der Waals surface area (Å²) in [5.74, 6) is 1.31. The topological polar surface area (TPSA) is 72.6 Å². The number of nitrogens with zero attached hydrogens (tertiary/aromatic N) is 2. The molecule has 0 saturated carbocycles. The molecule has 2 heterocycles. The molecule has 0 aliphatic carbocycles. The summed E-state index contributed by atoms with van der Waals surface area (Å²) in [6.45, 7) is 5.89. The van der Waals surface area contributed by atoms with Gasteiger partial charge in [-0.1, -0.05) is 31.0 Å². The van der Waals surface area contributed by atoms with Crippen LogP contribution < -0.4 is 9.64 Å². The van der Waals surface area contributed by atoms with Crippen molar-refractivity contribution < 1.29 is 17.6 Å². The molecule has 2 aromatic carbocycles. The maximum absolute atomic E-state index is 13.6. The first-order chi connectivity index (χ1) is 15.0. The Labute approximate surface area is 183 Å². The number of aromatic nitrogens is 1. The highest BCUT2D eigenvalue weighted by molar-refractivity contribution is 7.91. The fraction of sp³-hybridized carbons (Fsp3) is 0.375. The van der Waals surface area contributed by atoms with Crippen LogP contribution in [-0.4, -0.2) is 33.1 Å². The molecule has 0 spiro atoms. The molecular formula is C24H28N2O4S. The van der Waals surface area contributed by atoms with E-state index in [1.54, 1.807) is 24.3 Å². The number of hydrogen-bond acceptors (Lipinski definition) is 6. The van der Waals surface area contributed by atoms with Crippen LogP contribution in [0.5, 0.6) is 5.75 Å². The van der Waals surface area contributed by atoms with Gasteiger partial charge in [-0.25, -0.2) is 8.42 Å². The zero-order valence-electron chi connectivity index (χ0n) is 18.0. The van der Waals surface area contributed by atoms with E-state index >= 15 is 0 Å². The summed E-state index contributed by atoms with van der Waals surface area (Å²) in [7, 11) is -3.86. The smallest absolute Gasteiger partial charge is 0.236 e. The monoisotopic (exact) mass is 440 g/mol. The van der Waals surface area contributed by atoms with Crippen molar-refractivity contribution in [2.45, 2.75) is 49.5 Å². The molecule has 3 aromatic rings. The quantitative estimate of drug-likeness (QED) is 0.520. The van der Waals surface area contributed by atoms with Crippen LogP contribution in [0.1, 0.15) is 38.2 Å². The number of hydrogen-bond donors (Lipinski definition) is 0. The SMILES string of the molecule is CCOc1ccc(S(=O)(=O)c2nc(-c3ccccc3C)oc2N2CCCCCC2)cc1. The Balaban J connectivity index is 1.81. The van der Waals surface area contributed by atoms with Crippen molar-refractivity contribution in [2.24, 2.45) is 0 Å². The molecule has 4 rings (SSSR count). The largest absolute Gasteiger partial charge is 0.494 e. The fourth-order valence-corrected chi connectivity index (χ4v) is 5.19. The van der Waals surface area contributed by atoms with Crippen LogP contribution in [0.2, 0.25) is 0 Å². The van der Waals surface area contributed by atoms with Crippen LogP contribution in [0.25, 0.3) is 11.5 Å². The highest BCUT2D eigenvalue weighted by atomic mass is 32.2. The average Bonchev–Trinajstić information content (AvgIpc) is 3.04. The molecule has 1 fully saturated rings. The summed E-state index contributed by atoms with van der Waals surface area (Å²) in [6.07, 6.45) is 4.28. The van der Waals surface area contributed by atoms with Crippen molar-refractivity contribution in [3.63, 3.8) is 0 Å². The number of oxazole rings is 1. The summed E-state index contributed by atoms with van der Waals surface area (Å²) < 4.78 is 38.8. The van der Waals surface area contributed by atoms with Gasteiger partial charge in [0, 0.05) is 18.7 Å². The lowest BCUT2D eigenvalue weighted by Gasteiger charge is -2.20. The zero-order chi connectivity index (χ0) is 21.8. The minimum Gasteiger partial charge on any atom is -0.494 e. The lowest BCUT2D eigenvalue weighted by molar-refractivity contribution is 0.340. The number of ether oxygens (including phenoxy) is 1. The van der Waals surface area contributed by atoms with Gasteiger partial charge in [-0.3, -0.25) is 0 Å². The van der Waals surface area contributed by atoms with Gasteiger partial charge in [0.05, 0.1) is 11.5 Å². The van der Waals surface area contributed by atoms with Gasteiger partial charge < -0.3 is 14.1 Å². The molecule has 0 amide bonds. The standard InChI is InChI=1S/C24H28N2O4S/c1-3-29-19-12-14-20(15-13-19)31(27,28)23-24(26-16-8-4-5-9-17-26)30-22(25-23)21-11-7-6-10-18(21)2/h6-7,10-15H,3-5,8-9,16-17H2,1-2H3. The first kappa shape index (κ1) is 21.4. The zero-order valence-corrected chi connectivity index (χ0v) is 18.8. The maximum atomic E-state index is 13.6. The Morgan fingerprint density at radius 3 is 2.32 bits per heavy atom. The minimum atomic E-state index is -3.86. The summed E-state index contributed by atoms with van der Waals surface area (Å²) >= 11 is 0. The summed E-state index contributed by atoms with van der Waals surface area (Å²) in [4.78, 5) is 6.73. The molecule has 0 N–H and O–H groups in total. The molecule has 164 valence electrons. The predicted octanol–water partition coefficient (Wildman–Crippen LogP) is 5.26. The number of aryl methyl sites for hydroxylation is 1. The molecular weight excluding hydrogens is 412 g/mol. The minimum absolute atomic E-state index is 0.0168. The first-order valence-electron chi connectivity index (χ1n) is 10.8. The van der Waals surface area contributed by atoms with Gasteiger partial charge in [-0.2, -0.15) is 4.98 Å². The Morgan fingerprint density at radius 2 is 1.68 bits per heavy atom. The van der Waals surface area contributed by atoms with Crippen LogP contribution in [0, 0.1) is 6.92 Å². The number of sulfone groups is 1. The van der Waals surface area contributed by atoms with E-state index in [2.05, 4.69) is 4.98 Å². The van der Waals surface area contributed by atoms with E-state index < -0.39 is 9.84 Å². The third-order valence-corrected chi connectivity index (χ3v) is 7.22. The van der Waals surface area contributed by atoms with Crippen LogP contribution in [0.3, 0.4) is 0 Å². The first-order valence-corrected chi connectivity index (χ1v) is 12.3. The van der Waals surface area contributed by atoms with Gasteiger partial charge >= 0.3 is 0 Å². The Kier molecular flexibility index (Phi) is 6.32. The Bertz CT molecular complexity index is 1130. The number of rotatable bonds is 6. The van der Waals surface area contributed by atoms with E-state index in [0.29, 0.717) is 24.1 Å². The second-order valence-electron chi connectivity index (χ2n) is 7.75. The summed E-state index contributed by atoms with van der Waals surface area (Å²) in [6, 6.07) is 14.2. The van der Waals surface area contributed by atoms with Gasteiger partial charge in [0.2, 0.25) is 26.6 Å². The van der Waals surface area contributed by atoms with Gasteiger partial charge in [0.15, 0.2) is 0 Å². The van der Waals surface area contributed by atoms with Gasteiger partial charge in [0.25, 0.3) is 0 Å². The molecule has 0 atom stereocenters. The van der Waals surface area contributed by atoms with Crippen molar-refractivity contribution in [2.75, 3.05) is 24.6 Å². The van der Waals surface area contributed by atoms with E-state index in [9.17, 15) is 8.42 Å². The summed E-state index contributed by atoms with van der Waals surface area (Å²) in [5.41, 5.74) is 1.78. The molecule has 1 saturated heterocycles. The van der Waals surface area contributed by atoms with E-state index in [0.717, 1.165) is 49.9 Å². The molecule has 1 aromatic heterocycles. The van der Waals surface area contributed by atoms with Crippen LogP contribution in [0.15, 0.2) is 62.9 Å². The molecule has 0 unspecified atom stereocenters. The lowest BCUT2D eigenvalue weighted by atomic mass is 10.1. The van der Waals surface area contributed by atoms with Crippen LogP contribution in [-0.2, 0) is 9.84 Å². The van der Waals surface area contributed by atoms with Crippen molar-refractivity contribution in [1.82, 2.24) is 4.98 Å². The normalized spacial score (nSPS) is 15.0. The molecule has 7 heteroatoms. The van der Waals surface area contributed by atoms with E-state index in [4.69, 9.17) is 9.15 Å². The van der Waals surface area contributed by atoms with Crippen molar-refractivity contribution in [3.05, 3.63) is 54.1 Å². The summed E-state index contributed by atoms with van der Waals surface area (Å²) in [5, 5.41) is -0.0168. The van der Waals surface area contributed by atoms with Crippen molar-refractivity contribution >= 4 is 15.7 Å². The number of anilines is 1. The third kappa shape index (κ3) is 4.46.